The van der Waals surface area contributed by atoms with Gasteiger partial charge in [0.2, 0.25) is 0 Å². The van der Waals surface area contributed by atoms with E-state index >= 15 is 0 Å². The first-order valence-corrected chi connectivity index (χ1v) is 7.69. The predicted octanol–water partition coefficient (Wildman–Crippen LogP) is 3.69. The van der Waals surface area contributed by atoms with Crippen LogP contribution >= 0.6 is 0 Å². The maximum absolute atomic E-state index is 5.85. The fourth-order valence-electron chi connectivity index (χ4n) is 2.70. The summed E-state index contributed by atoms with van der Waals surface area (Å²) in [4.78, 5) is 4.50. The van der Waals surface area contributed by atoms with Gasteiger partial charge in [-0.05, 0) is 36.1 Å². The van der Waals surface area contributed by atoms with E-state index in [2.05, 4.69) is 45.9 Å². The molecule has 0 aliphatic carbocycles. The van der Waals surface area contributed by atoms with Gasteiger partial charge < -0.3 is 10.3 Å². The van der Waals surface area contributed by atoms with E-state index in [1.165, 1.54) is 11.1 Å². The van der Waals surface area contributed by atoms with Gasteiger partial charge >= 0.3 is 0 Å². The van der Waals surface area contributed by atoms with Gasteiger partial charge in [-0.1, -0.05) is 42.5 Å². The van der Waals surface area contributed by atoms with Crippen molar-refractivity contribution in [3.8, 4) is 0 Å². The Balaban J connectivity index is 1.60. The van der Waals surface area contributed by atoms with Gasteiger partial charge in [-0.25, -0.2) is 4.98 Å². The van der Waals surface area contributed by atoms with Crippen LogP contribution in [0.1, 0.15) is 23.4 Å². The van der Waals surface area contributed by atoms with E-state index in [1.807, 2.05) is 30.6 Å². The molecule has 0 unspecified atom stereocenters. The summed E-state index contributed by atoms with van der Waals surface area (Å²) >= 11 is 0. The lowest BCUT2D eigenvalue weighted by Crippen LogP contribution is -2.05. The second-order valence-corrected chi connectivity index (χ2v) is 5.56. The van der Waals surface area contributed by atoms with Gasteiger partial charge in [0.1, 0.15) is 5.82 Å². The maximum atomic E-state index is 5.85. The number of nitrogen functional groups attached to an aromatic ring is 1. The van der Waals surface area contributed by atoms with Crippen molar-refractivity contribution >= 4 is 5.69 Å². The average molecular weight is 291 g/mol. The Morgan fingerprint density at radius 2 is 1.73 bits per heavy atom. The predicted molar refractivity (Wildman–Crippen MR) is 90.7 cm³/mol. The van der Waals surface area contributed by atoms with Gasteiger partial charge in [0.15, 0.2) is 0 Å². The highest BCUT2D eigenvalue weighted by Gasteiger charge is 2.04. The minimum Gasteiger partial charge on any atom is -0.399 e. The van der Waals surface area contributed by atoms with Crippen molar-refractivity contribution in [3.05, 3.63) is 83.9 Å². The van der Waals surface area contributed by atoms with Crippen molar-refractivity contribution in [1.29, 1.82) is 0 Å². The van der Waals surface area contributed by atoms with Gasteiger partial charge in [0.25, 0.3) is 0 Å². The number of aromatic nitrogens is 2. The molecule has 0 radical (unpaired) electrons. The SMILES string of the molecule is Nc1cccc(Cn2ccnc2CCCc2ccccc2)c1. The van der Waals surface area contributed by atoms with E-state index < -0.39 is 0 Å². The third-order valence-corrected chi connectivity index (χ3v) is 3.81. The Morgan fingerprint density at radius 3 is 2.55 bits per heavy atom. The summed E-state index contributed by atoms with van der Waals surface area (Å²) in [6.07, 6.45) is 7.11. The molecule has 2 N–H and O–H groups in total. The van der Waals surface area contributed by atoms with Crippen LogP contribution in [0, 0.1) is 0 Å². The molecule has 3 heteroatoms. The van der Waals surface area contributed by atoms with Crippen LogP contribution in [0.15, 0.2) is 67.0 Å². The van der Waals surface area contributed by atoms with Gasteiger partial charge in [-0.2, -0.15) is 0 Å². The zero-order chi connectivity index (χ0) is 15.2. The number of benzene rings is 2. The van der Waals surface area contributed by atoms with E-state index in [-0.39, 0.29) is 0 Å². The quantitative estimate of drug-likeness (QED) is 0.704. The number of hydrogen-bond acceptors (Lipinski definition) is 2. The number of imidazole rings is 1. The minimum absolute atomic E-state index is 0.809. The van der Waals surface area contributed by atoms with Crippen molar-refractivity contribution in [2.45, 2.75) is 25.8 Å². The largest absolute Gasteiger partial charge is 0.399 e. The van der Waals surface area contributed by atoms with Crippen LogP contribution in [-0.2, 0) is 19.4 Å². The molecule has 22 heavy (non-hydrogen) atoms. The molecule has 0 fully saturated rings. The Morgan fingerprint density at radius 1 is 0.909 bits per heavy atom. The van der Waals surface area contributed by atoms with Gasteiger partial charge in [0.05, 0.1) is 0 Å². The zero-order valence-corrected chi connectivity index (χ0v) is 12.7. The standard InChI is InChI=1S/C19H21N3/c20-18-10-4-9-17(14-18)15-22-13-12-21-19(22)11-5-8-16-6-2-1-3-7-16/h1-4,6-7,9-10,12-14H,5,8,11,15,20H2. The lowest BCUT2D eigenvalue weighted by atomic mass is 10.1. The van der Waals surface area contributed by atoms with Crippen LogP contribution in [0.25, 0.3) is 0 Å². The molecule has 0 atom stereocenters. The second kappa shape index (κ2) is 6.94. The molecule has 3 nitrogen and oxygen atoms in total. The highest BCUT2D eigenvalue weighted by atomic mass is 15.1. The highest BCUT2D eigenvalue weighted by Crippen LogP contribution is 2.12. The fraction of sp³-hybridized carbons (Fsp3) is 0.211. The number of hydrogen-bond donors (Lipinski definition) is 1. The van der Waals surface area contributed by atoms with Gasteiger partial charge in [-0.3, -0.25) is 0 Å². The first-order chi connectivity index (χ1) is 10.8. The molecule has 3 aromatic rings. The summed E-state index contributed by atoms with van der Waals surface area (Å²) in [7, 11) is 0. The van der Waals surface area contributed by atoms with Gasteiger partial charge in [0, 0.05) is 31.0 Å². The number of nitrogens with zero attached hydrogens (tertiary/aromatic N) is 2. The summed E-state index contributed by atoms with van der Waals surface area (Å²) in [6, 6.07) is 18.6. The van der Waals surface area contributed by atoms with Crippen molar-refractivity contribution in [2.75, 3.05) is 5.73 Å². The van der Waals surface area contributed by atoms with Crippen LogP contribution in [0.2, 0.25) is 0 Å². The molecule has 0 bridgehead atoms. The first-order valence-electron chi connectivity index (χ1n) is 7.69. The molecule has 112 valence electrons. The maximum Gasteiger partial charge on any atom is 0.108 e. The normalized spacial score (nSPS) is 10.7. The lowest BCUT2D eigenvalue weighted by molar-refractivity contribution is 0.685. The summed E-state index contributed by atoms with van der Waals surface area (Å²) in [5.41, 5.74) is 9.25. The minimum atomic E-state index is 0.809. The zero-order valence-electron chi connectivity index (χ0n) is 12.7. The fourth-order valence-corrected chi connectivity index (χ4v) is 2.70. The Hall–Kier alpha value is -2.55. The third kappa shape index (κ3) is 3.76. The molecule has 1 aromatic heterocycles. The molecule has 0 aliphatic heterocycles. The molecular weight excluding hydrogens is 270 g/mol. The third-order valence-electron chi connectivity index (χ3n) is 3.81. The molecule has 0 aliphatic rings. The average Bonchev–Trinajstić information content (AvgIpc) is 2.96. The topological polar surface area (TPSA) is 43.8 Å². The summed E-state index contributed by atoms with van der Waals surface area (Å²) < 4.78 is 2.21. The Labute approximate surface area is 131 Å². The van der Waals surface area contributed by atoms with Crippen LogP contribution < -0.4 is 5.73 Å². The summed E-state index contributed by atoms with van der Waals surface area (Å²) in [5, 5.41) is 0. The van der Waals surface area contributed by atoms with Crippen molar-refractivity contribution in [2.24, 2.45) is 0 Å². The second-order valence-electron chi connectivity index (χ2n) is 5.56. The van der Waals surface area contributed by atoms with Gasteiger partial charge in [-0.15, -0.1) is 0 Å². The molecular formula is C19H21N3. The monoisotopic (exact) mass is 291 g/mol. The molecule has 1 heterocycles. The molecule has 0 saturated carbocycles. The summed E-state index contributed by atoms with van der Waals surface area (Å²) in [6.45, 7) is 0.825. The number of aryl methyl sites for hydroxylation is 2. The molecule has 2 aromatic carbocycles. The van der Waals surface area contributed by atoms with Crippen molar-refractivity contribution in [3.63, 3.8) is 0 Å². The number of rotatable bonds is 6. The Kier molecular flexibility index (Phi) is 4.54. The number of anilines is 1. The van der Waals surface area contributed by atoms with Crippen LogP contribution in [0.5, 0.6) is 0 Å². The van der Waals surface area contributed by atoms with Crippen molar-refractivity contribution < 1.29 is 0 Å². The molecule has 3 rings (SSSR count). The molecule has 0 spiro atoms. The lowest BCUT2D eigenvalue weighted by Gasteiger charge is -2.09. The van der Waals surface area contributed by atoms with Crippen molar-refractivity contribution in [1.82, 2.24) is 9.55 Å². The molecule has 0 amide bonds. The van der Waals surface area contributed by atoms with E-state index in [0.29, 0.717) is 0 Å². The van der Waals surface area contributed by atoms with Crippen LogP contribution in [0.4, 0.5) is 5.69 Å². The smallest absolute Gasteiger partial charge is 0.108 e. The number of nitrogens with two attached hydrogens (primary N) is 1. The highest BCUT2D eigenvalue weighted by molar-refractivity contribution is 5.40. The van der Waals surface area contributed by atoms with Crippen LogP contribution in [0.3, 0.4) is 0 Å². The van der Waals surface area contributed by atoms with Crippen LogP contribution in [-0.4, -0.2) is 9.55 Å². The first kappa shape index (κ1) is 14.4. The van der Waals surface area contributed by atoms with E-state index in [4.69, 9.17) is 5.73 Å². The van der Waals surface area contributed by atoms with E-state index in [1.54, 1.807) is 0 Å². The summed E-state index contributed by atoms with van der Waals surface area (Å²) in [5.74, 6) is 1.14. The van der Waals surface area contributed by atoms with E-state index in [0.717, 1.165) is 37.3 Å². The Bertz CT molecular complexity index is 716. The molecule has 0 saturated heterocycles. The van der Waals surface area contributed by atoms with E-state index in [9.17, 15) is 0 Å².